The van der Waals surface area contributed by atoms with E-state index in [2.05, 4.69) is 11.9 Å². The van der Waals surface area contributed by atoms with Crippen molar-refractivity contribution in [2.24, 2.45) is 5.92 Å². The molecule has 0 aliphatic heterocycles. The Hall–Kier alpha value is -1.65. The largest absolute Gasteiger partial charge is 0.481 e. The van der Waals surface area contributed by atoms with Crippen molar-refractivity contribution in [3.63, 3.8) is 0 Å². The number of aromatic nitrogens is 2. The van der Waals surface area contributed by atoms with Crippen molar-refractivity contribution in [3.05, 3.63) is 27.4 Å². The molecule has 1 aliphatic carbocycles. The lowest BCUT2D eigenvalue weighted by Gasteiger charge is -2.24. The summed E-state index contributed by atoms with van der Waals surface area (Å²) in [7, 11) is 0. The van der Waals surface area contributed by atoms with E-state index in [1.165, 1.54) is 12.8 Å². The van der Waals surface area contributed by atoms with E-state index in [0.29, 0.717) is 17.2 Å². The first-order chi connectivity index (χ1) is 9.86. The molecule has 0 bridgehead atoms. The molecule has 0 aromatic carbocycles. The number of aryl methyl sites for hydroxylation is 1. The first-order valence-corrected chi connectivity index (χ1v) is 7.69. The first-order valence-electron chi connectivity index (χ1n) is 7.69. The van der Waals surface area contributed by atoms with E-state index in [1.54, 1.807) is 18.4 Å². The summed E-state index contributed by atoms with van der Waals surface area (Å²) in [5, 5.41) is 9.28. The molecule has 2 rings (SSSR count). The Labute approximate surface area is 125 Å². The quantitative estimate of drug-likeness (QED) is 0.875. The fourth-order valence-corrected chi connectivity index (χ4v) is 3.17. The molecule has 1 aromatic heterocycles. The predicted molar refractivity (Wildman–Crippen MR) is 80.7 cm³/mol. The number of carboxylic acids is 1. The molecule has 2 unspecified atom stereocenters. The second kappa shape index (κ2) is 6.00. The summed E-state index contributed by atoms with van der Waals surface area (Å²) in [5.41, 5.74) is 1.72. The minimum atomic E-state index is -0.886. The fourth-order valence-electron chi connectivity index (χ4n) is 3.17. The maximum atomic E-state index is 12.3. The summed E-state index contributed by atoms with van der Waals surface area (Å²) >= 11 is 0. The van der Waals surface area contributed by atoms with E-state index in [-0.39, 0.29) is 11.7 Å². The Balaban J connectivity index is 2.51. The third-order valence-electron chi connectivity index (χ3n) is 4.55. The van der Waals surface area contributed by atoms with E-state index in [1.807, 2.05) is 6.92 Å². The van der Waals surface area contributed by atoms with Crippen molar-refractivity contribution in [1.29, 1.82) is 0 Å². The van der Waals surface area contributed by atoms with Gasteiger partial charge in [0.05, 0.1) is 5.92 Å². The highest BCUT2D eigenvalue weighted by Gasteiger charge is 2.29. The average Bonchev–Trinajstić information content (AvgIpc) is 3.20. The normalized spacial score (nSPS) is 17.5. The van der Waals surface area contributed by atoms with Crippen LogP contribution in [0.2, 0.25) is 0 Å². The van der Waals surface area contributed by atoms with E-state index in [0.717, 1.165) is 18.5 Å². The zero-order valence-electron chi connectivity index (χ0n) is 13.2. The lowest BCUT2D eigenvalue weighted by molar-refractivity contribution is -0.138. The zero-order chi connectivity index (χ0) is 15.7. The Morgan fingerprint density at radius 1 is 1.43 bits per heavy atom. The molecule has 1 aliphatic rings. The monoisotopic (exact) mass is 292 g/mol. The Bertz CT molecular complexity index is 602. The van der Waals surface area contributed by atoms with Crippen LogP contribution < -0.4 is 5.69 Å². The van der Waals surface area contributed by atoms with Gasteiger partial charge in [-0.05, 0) is 39.5 Å². The topological polar surface area (TPSA) is 72.2 Å². The van der Waals surface area contributed by atoms with Crippen LogP contribution in [0.5, 0.6) is 0 Å². The summed E-state index contributed by atoms with van der Waals surface area (Å²) in [5.74, 6) is -0.825. The molecular weight excluding hydrogens is 268 g/mol. The Morgan fingerprint density at radius 2 is 2.05 bits per heavy atom. The molecule has 21 heavy (non-hydrogen) atoms. The predicted octanol–water partition coefficient (Wildman–Crippen LogP) is 2.80. The smallest absolute Gasteiger partial charge is 0.348 e. The Morgan fingerprint density at radius 3 is 2.52 bits per heavy atom. The van der Waals surface area contributed by atoms with Gasteiger partial charge in [0.15, 0.2) is 0 Å². The third kappa shape index (κ3) is 3.17. The van der Waals surface area contributed by atoms with Gasteiger partial charge in [0.1, 0.15) is 0 Å². The number of carboxylic acid groups (broad SMARTS) is 1. The molecule has 0 saturated heterocycles. The summed E-state index contributed by atoms with van der Waals surface area (Å²) in [4.78, 5) is 27.7. The lowest BCUT2D eigenvalue weighted by atomic mass is 9.97. The second-order valence-electron chi connectivity index (χ2n) is 6.15. The van der Waals surface area contributed by atoms with Gasteiger partial charge in [0.25, 0.3) is 0 Å². The van der Waals surface area contributed by atoms with Crippen LogP contribution in [-0.4, -0.2) is 20.6 Å². The molecule has 0 radical (unpaired) electrons. The summed E-state index contributed by atoms with van der Waals surface area (Å²) < 4.78 is 1.72. The molecule has 1 fully saturated rings. The van der Waals surface area contributed by atoms with Crippen LogP contribution in [0.4, 0.5) is 0 Å². The maximum absolute atomic E-state index is 12.3. The highest BCUT2D eigenvalue weighted by Crippen LogP contribution is 2.38. The third-order valence-corrected chi connectivity index (χ3v) is 4.55. The van der Waals surface area contributed by atoms with Crippen LogP contribution in [-0.2, 0) is 4.79 Å². The minimum absolute atomic E-state index is 0.123. The second-order valence-corrected chi connectivity index (χ2v) is 6.15. The first kappa shape index (κ1) is 15.7. The van der Waals surface area contributed by atoms with Crippen molar-refractivity contribution >= 4 is 5.97 Å². The van der Waals surface area contributed by atoms with E-state index in [4.69, 9.17) is 0 Å². The van der Waals surface area contributed by atoms with Gasteiger partial charge in [-0.3, -0.25) is 9.36 Å². The number of hydrogen-bond acceptors (Lipinski definition) is 3. The van der Waals surface area contributed by atoms with Crippen molar-refractivity contribution in [2.45, 2.75) is 65.3 Å². The lowest BCUT2D eigenvalue weighted by Crippen LogP contribution is -2.32. The molecule has 5 heteroatoms. The van der Waals surface area contributed by atoms with Crippen LogP contribution in [0.15, 0.2) is 4.79 Å². The van der Waals surface area contributed by atoms with Gasteiger partial charge in [-0.2, -0.15) is 4.98 Å². The van der Waals surface area contributed by atoms with Crippen LogP contribution in [0.1, 0.15) is 68.4 Å². The zero-order valence-corrected chi connectivity index (χ0v) is 13.2. The molecule has 0 amide bonds. The molecule has 1 heterocycles. The van der Waals surface area contributed by atoms with Crippen molar-refractivity contribution in [3.8, 4) is 0 Å². The summed E-state index contributed by atoms with van der Waals surface area (Å²) in [6.45, 7) is 7.28. The molecular formula is C16H24N2O3. The van der Waals surface area contributed by atoms with Crippen molar-refractivity contribution < 1.29 is 9.90 Å². The highest BCUT2D eigenvalue weighted by atomic mass is 16.4. The molecule has 0 spiro atoms. The van der Waals surface area contributed by atoms with E-state index < -0.39 is 11.9 Å². The van der Waals surface area contributed by atoms with Gasteiger partial charge in [0.2, 0.25) is 0 Å². The van der Waals surface area contributed by atoms with Gasteiger partial charge >= 0.3 is 11.7 Å². The summed E-state index contributed by atoms with van der Waals surface area (Å²) in [6.07, 6.45) is 4.33. The van der Waals surface area contributed by atoms with Gasteiger partial charge in [0, 0.05) is 23.0 Å². The maximum Gasteiger partial charge on any atom is 0.348 e. The van der Waals surface area contributed by atoms with Crippen LogP contribution in [0.25, 0.3) is 0 Å². The van der Waals surface area contributed by atoms with Crippen molar-refractivity contribution in [1.82, 2.24) is 9.55 Å². The number of aliphatic carboxylic acids is 1. The van der Waals surface area contributed by atoms with Gasteiger partial charge < -0.3 is 5.11 Å². The number of hydrogen-bond donors (Lipinski definition) is 1. The minimum Gasteiger partial charge on any atom is -0.481 e. The molecule has 5 nitrogen and oxygen atoms in total. The molecule has 1 aromatic rings. The summed E-state index contributed by atoms with van der Waals surface area (Å²) in [6, 6.07) is 0.123. The molecule has 1 N–H and O–H groups in total. The molecule has 116 valence electrons. The molecule has 2 atom stereocenters. The van der Waals surface area contributed by atoms with E-state index in [9.17, 15) is 14.7 Å². The average molecular weight is 292 g/mol. The van der Waals surface area contributed by atoms with Crippen LogP contribution in [0, 0.1) is 19.8 Å². The van der Waals surface area contributed by atoms with Crippen LogP contribution >= 0.6 is 0 Å². The number of carbonyl (C=O) groups is 1. The fraction of sp³-hybridized carbons (Fsp3) is 0.688. The molecule has 1 saturated carbocycles. The van der Waals surface area contributed by atoms with E-state index >= 15 is 0 Å². The Kier molecular flexibility index (Phi) is 4.49. The number of nitrogens with zero attached hydrogens (tertiary/aromatic N) is 2. The number of rotatable bonds is 6. The highest BCUT2D eigenvalue weighted by molar-refractivity contribution is 5.76. The van der Waals surface area contributed by atoms with Gasteiger partial charge in [-0.1, -0.05) is 19.8 Å². The van der Waals surface area contributed by atoms with Crippen molar-refractivity contribution in [2.75, 3.05) is 0 Å². The van der Waals surface area contributed by atoms with Gasteiger partial charge in [-0.15, -0.1) is 0 Å². The standard InChI is InChI=1S/C16H24N2O3/c1-5-13(8-12-6-7-12)18-11(4)14(9(2)15(19)20)10(3)17-16(18)21/h9,12-13H,5-8H2,1-4H3,(H,19,20). The van der Waals surface area contributed by atoms with Gasteiger partial charge in [-0.25, -0.2) is 4.79 Å². The SMILES string of the molecule is CCC(CC1CC1)n1c(C)c(C(C)C(=O)O)c(C)nc1=O. The van der Waals surface area contributed by atoms with Crippen LogP contribution in [0.3, 0.4) is 0 Å².